The number of thiophene rings is 2. The van der Waals surface area contributed by atoms with Gasteiger partial charge in [0.15, 0.2) is 17.1 Å². The van der Waals surface area contributed by atoms with E-state index in [2.05, 4.69) is 15.5 Å². The highest BCUT2D eigenvalue weighted by Crippen LogP contribution is 2.52. The molecule has 0 fully saturated rings. The quantitative estimate of drug-likeness (QED) is 0.240. The number of amides is 1. The molecule has 1 amide bonds. The standard InChI is InChI=1S/C25H24F2N6O5S2/c1-29-10-12-20-22(34)33(17-7-8-18(37-2)31-30-17)25(36)32(11-13-14(26)4-3-5-15(13)27)23(20)40-21(12)16-6-9-19(39-16)38-24(28)35/h3-9,22,25,29,34,36H,10-11H2,1-2H3,(H2,28,35). The van der Waals surface area contributed by atoms with Crippen LogP contribution in [-0.2, 0) is 13.1 Å². The highest BCUT2D eigenvalue weighted by atomic mass is 32.1. The number of benzene rings is 1. The van der Waals surface area contributed by atoms with E-state index in [9.17, 15) is 23.8 Å². The lowest BCUT2D eigenvalue weighted by atomic mass is 10.0. The third-order valence-corrected chi connectivity index (χ3v) is 8.62. The number of halogens is 2. The zero-order valence-corrected chi connectivity index (χ0v) is 22.8. The fourth-order valence-electron chi connectivity index (χ4n) is 4.42. The highest BCUT2D eigenvalue weighted by molar-refractivity contribution is 7.25. The molecule has 2 atom stereocenters. The van der Waals surface area contributed by atoms with Crippen molar-refractivity contribution in [3.63, 3.8) is 0 Å². The van der Waals surface area contributed by atoms with Gasteiger partial charge in [0.2, 0.25) is 12.2 Å². The molecule has 5 N–H and O–H groups in total. The number of carbonyl (C=O) groups excluding carboxylic acids is 1. The largest absolute Gasteiger partial charge is 0.480 e. The minimum atomic E-state index is -1.59. The van der Waals surface area contributed by atoms with Crippen LogP contribution in [0.5, 0.6) is 10.9 Å². The van der Waals surface area contributed by atoms with E-state index in [1.807, 2.05) is 0 Å². The van der Waals surface area contributed by atoms with Gasteiger partial charge in [0, 0.05) is 28.6 Å². The van der Waals surface area contributed by atoms with Crippen LogP contribution in [0.4, 0.5) is 24.4 Å². The van der Waals surface area contributed by atoms with E-state index in [1.165, 1.54) is 46.4 Å². The summed E-state index contributed by atoms with van der Waals surface area (Å²) in [6.07, 6.45) is -3.96. The summed E-state index contributed by atoms with van der Waals surface area (Å²) in [6, 6.07) is 9.86. The van der Waals surface area contributed by atoms with Crippen LogP contribution in [0.15, 0.2) is 42.5 Å². The van der Waals surface area contributed by atoms with Gasteiger partial charge in [0.05, 0.1) is 18.5 Å². The summed E-state index contributed by atoms with van der Waals surface area (Å²) in [7, 11) is 3.15. The van der Waals surface area contributed by atoms with Gasteiger partial charge in [-0.3, -0.25) is 4.90 Å². The molecule has 40 heavy (non-hydrogen) atoms. The van der Waals surface area contributed by atoms with Gasteiger partial charge in [-0.1, -0.05) is 17.4 Å². The highest BCUT2D eigenvalue weighted by Gasteiger charge is 2.43. The molecule has 11 nitrogen and oxygen atoms in total. The van der Waals surface area contributed by atoms with Crippen LogP contribution >= 0.6 is 22.7 Å². The number of fused-ring (bicyclic) bond motifs is 1. The average molecular weight is 591 g/mol. The van der Waals surface area contributed by atoms with Crippen molar-refractivity contribution in [3.05, 3.63) is 70.8 Å². The summed E-state index contributed by atoms with van der Waals surface area (Å²) in [5, 5.41) is 35.0. The molecule has 1 aliphatic heterocycles. The number of aliphatic hydroxyl groups excluding tert-OH is 2. The van der Waals surface area contributed by atoms with E-state index in [0.29, 0.717) is 32.4 Å². The van der Waals surface area contributed by atoms with Gasteiger partial charge < -0.3 is 35.6 Å². The summed E-state index contributed by atoms with van der Waals surface area (Å²) < 4.78 is 39.6. The molecule has 0 saturated carbocycles. The normalized spacial score (nSPS) is 16.6. The van der Waals surface area contributed by atoms with Crippen molar-refractivity contribution < 1.29 is 33.3 Å². The van der Waals surface area contributed by atoms with Gasteiger partial charge in [0.1, 0.15) is 16.6 Å². The van der Waals surface area contributed by atoms with Gasteiger partial charge in [0.25, 0.3) is 0 Å². The van der Waals surface area contributed by atoms with Crippen molar-refractivity contribution >= 4 is 39.6 Å². The molecule has 1 aromatic carbocycles. The van der Waals surface area contributed by atoms with Crippen LogP contribution in [0.25, 0.3) is 9.75 Å². The lowest BCUT2D eigenvalue weighted by molar-refractivity contribution is 0.0691. The Kier molecular flexibility index (Phi) is 7.82. The van der Waals surface area contributed by atoms with Crippen molar-refractivity contribution in [3.8, 4) is 20.7 Å². The molecule has 0 radical (unpaired) electrons. The van der Waals surface area contributed by atoms with Crippen LogP contribution in [0.2, 0.25) is 0 Å². The molecule has 0 spiro atoms. The number of nitrogens with zero attached hydrogens (tertiary/aromatic N) is 4. The maximum absolute atomic E-state index is 14.8. The Hall–Kier alpha value is -3.89. The Labute approximate surface area is 235 Å². The monoisotopic (exact) mass is 590 g/mol. The molecule has 3 aromatic heterocycles. The number of carbonyl (C=O) groups is 1. The molecule has 0 bridgehead atoms. The summed E-state index contributed by atoms with van der Waals surface area (Å²) in [5.74, 6) is -1.25. The van der Waals surface area contributed by atoms with Crippen LogP contribution in [0.3, 0.4) is 0 Å². The van der Waals surface area contributed by atoms with Crippen LogP contribution in [0, 0.1) is 11.6 Å². The predicted molar refractivity (Wildman–Crippen MR) is 145 cm³/mol. The first-order chi connectivity index (χ1) is 19.2. The van der Waals surface area contributed by atoms with E-state index in [1.54, 1.807) is 19.2 Å². The van der Waals surface area contributed by atoms with Crippen LogP contribution in [-0.4, -0.2) is 47.0 Å². The third-order valence-electron chi connectivity index (χ3n) is 6.19. The summed E-state index contributed by atoms with van der Waals surface area (Å²) in [5.41, 5.74) is 5.96. The van der Waals surface area contributed by atoms with E-state index in [-0.39, 0.29) is 28.9 Å². The van der Waals surface area contributed by atoms with Crippen molar-refractivity contribution in [2.45, 2.75) is 25.7 Å². The number of methoxy groups -OCH3 is 1. The molecule has 0 aliphatic carbocycles. The number of rotatable bonds is 8. The second-order valence-electron chi connectivity index (χ2n) is 8.59. The van der Waals surface area contributed by atoms with Crippen molar-refractivity contribution in [1.29, 1.82) is 0 Å². The Morgan fingerprint density at radius 1 is 1.10 bits per heavy atom. The van der Waals surface area contributed by atoms with Crippen molar-refractivity contribution in [2.75, 3.05) is 24.0 Å². The fourth-order valence-corrected chi connectivity index (χ4v) is 6.78. The maximum Gasteiger partial charge on any atom is 0.410 e. The molecule has 4 heterocycles. The molecule has 4 aromatic rings. The lowest BCUT2D eigenvalue weighted by Crippen LogP contribution is -2.54. The minimum absolute atomic E-state index is 0.0990. The number of anilines is 2. The maximum atomic E-state index is 14.8. The second-order valence-corrected chi connectivity index (χ2v) is 10.6. The van der Waals surface area contributed by atoms with Crippen molar-refractivity contribution in [1.82, 2.24) is 15.5 Å². The lowest BCUT2D eigenvalue weighted by Gasteiger charge is -2.44. The predicted octanol–water partition coefficient (Wildman–Crippen LogP) is 3.52. The van der Waals surface area contributed by atoms with Gasteiger partial charge in [-0.2, -0.15) is 0 Å². The van der Waals surface area contributed by atoms with E-state index in [4.69, 9.17) is 15.2 Å². The summed E-state index contributed by atoms with van der Waals surface area (Å²) in [4.78, 5) is 15.2. The molecule has 1 aliphatic rings. The number of nitrogens with one attached hydrogen (secondary N) is 1. The Morgan fingerprint density at radius 3 is 2.48 bits per heavy atom. The zero-order chi connectivity index (χ0) is 28.6. The van der Waals surface area contributed by atoms with Crippen LogP contribution < -0.4 is 30.3 Å². The number of ether oxygens (including phenoxy) is 2. The topological polar surface area (TPSA) is 146 Å². The number of hydrogen-bond donors (Lipinski definition) is 4. The average Bonchev–Trinajstić information content (AvgIpc) is 3.53. The first-order valence-electron chi connectivity index (χ1n) is 11.8. The van der Waals surface area contributed by atoms with Gasteiger partial charge >= 0.3 is 6.09 Å². The molecule has 2 unspecified atom stereocenters. The van der Waals surface area contributed by atoms with E-state index < -0.39 is 30.3 Å². The zero-order valence-electron chi connectivity index (χ0n) is 21.2. The van der Waals surface area contributed by atoms with Crippen LogP contribution in [0.1, 0.15) is 22.9 Å². The molecule has 210 valence electrons. The minimum Gasteiger partial charge on any atom is -0.480 e. The number of nitrogens with two attached hydrogens (primary N) is 1. The van der Waals surface area contributed by atoms with Gasteiger partial charge in [-0.05, 0) is 42.9 Å². The summed E-state index contributed by atoms with van der Waals surface area (Å²) in [6.45, 7) is -0.0683. The molecule has 0 saturated heterocycles. The number of aromatic nitrogens is 2. The van der Waals surface area contributed by atoms with E-state index >= 15 is 0 Å². The number of primary amides is 1. The van der Waals surface area contributed by atoms with Crippen molar-refractivity contribution in [2.24, 2.45) is 5.73 Å². The number of hydrogen-bond acceptors (Lipinski definition) is 12. The summed E-state index contributed by atoms with van der Waals surface area (Å²) >= 11 is 2.37. The first-order valence-corrected chi connectivity index (χ1v) is 13.5. The molecular formula is C25H24F2N6O5S2. The smallest absolute Gasteiger partial charge is 0.410 e. The van der Waals surface area contributed by atoms with Gasteiger partial charge in [-0.15, -0.1) is 21.5 Å². The Balaban J connectivity index is 1.68. The third kappa shape index (κ3) is 5.04. The second kappa shape index (κ2) is 11.3. The Morgan fingerprint density at radius 2 is 1.85 bits per heavy atom. The number of aliphatic hydroxyl groups is 2. The molecular weight excluding hydrogens is 566 g/mol. The van der Waals surface area contributed by atoms with E-state index in [0.717, 1.165) is 23.5 Å². The van der Waals surface area contributed by atoms with Gasteiger partial charge in [-0.25, -0.2) is 13.6 Å². The molecule has 5 rings (SSSR count). The molecule has 15 heteroatoms. The fraction of sp³-hybridized carbons (Fsp3) is 0.240. The SMILES string of the molecule is CNCc1c(-c2ccc(OC(N)=O)s2)sc2c1C(O)N(c1ccc(OC)nn1)C(O)N2Cc1c(F)cccc1F. The Bertz CT molecular complexity index is 1510. The first kappa shape index (κ1) is 27.7.